The van der Waals surface area contributed by atoms with E-state index in [-0.39, 0.29) is 5.91 Å². The van der Waals surface area contributed by atoms with E-state index in [1.54, 1.807) is 30.7 Å². The highest BCUT2D eigenvalue weighted by molar-refractivity contribution is 5.96. The molecule has 0 saturated carbocycles. The Kier molecular flexibility index (Phi) is 3.57. The van der Waals surface area contributed by atoms with Gasteiger partial charge in [-0.25, -0.2) is 9.97 Å². The zero-order valence-corrected chi connectivity index (χ0v) is 11.6. The summed E-state index contributed by atoms with van der Waals surface area (Å²) in [5, 5.41) is 3.01. The van der Waals surface area contributed by atoms with Gasteiger partial charge < -0.3 is 19.8 Å². The van der Waals surface area contributed by atoms with Crippen LogP contribution in [-0.4, -0.2) is 41.2 Å². The molecule has 1 unspecified atom stereocenters. The van der Waals surface area contributed by atoms with Crippen molar-refractivity contribution in [3.05, 3.63) is 42.1 Å². The number of H-pyrrole nitrogens is 1. The molecule has 0 aromatic carbocycles. The van der Waals surface area contributed by atoms with Gasteiger partial charge in [0.25, 0.3) is 5.91 Å². The Morgan fingerprint density at radius 1 is 1.48 bits per heavy atom. The molecule has 1 atom stereocenters. The number of nitrogens with one attached hydrogen (secondary N) is 2. The van der Waals surface area contributed by atoms with Gasteiger partial charge in [-0.1, -0.05) is 0 Å². The minimum absolute atomic E-state index is 0.262. The van der Waals surface area contributed by atoms with Crippen molar-refractivity contribution in [3.8, 4) is 5.88 Å². The first-order chi connectivity index (χ1) is 10.2. The fourth-order valence-electron chi connectivity index (χ4n) is 2.45. The van der Waals surface area contributed by atoms with E-state index in [0.717, 1.165) is 0 Å². The maximum Gasteiger partial charge on any atom is 0.257 e. The summed E-state index contributed by atoms with van der Waals surface area (Å²) in [7, 11) is 1.49. The van der Waals surface area contributed by atoms with E-state index in [1.807, 2.05) is 0 Å². The summed E-state index contributed by atoms with van der Waals surface area (Å²) in [4.78, 5) is 23.9. The standard InChI is InChI=1S/C14H16N4O3/c1-20-12-10(3-2-5-15-12)11(19)18-14(4-8-21-9-14)13-16-6-7-17-13/h2-3,5-7H,4,8-9H2,1H3,(H,16,17)(H,18,19). The highest BCUT2D eigenvalue weighted by Crippen LogP contribution is 2.29. The summed E-state index contributed by atoms with van der Waals surface area (Å²) in [6.45, 7) is 0.958. The van der Waals surface area contributed by atoms with Crippen LogP contribution in [0.4, 0.5) is 0 Å². The average molecular weight is 288 g/mol. The topological polar surface area (TPSA) is 89.1 Å². The molecular weight excluding hydrogens is 272 g/mol. The second kappa shape index (κ2) is 5.53. The smallest absolute Gasteiger partial charge is 0.257 e. The Bertz CT molecular complexity index is 621. The summed E-state index contributed by atoms with van der Waals surface area (Å²) < 4.78 is 10.6. The molecule has 1 amide bonds. The second-order valence-corrected chi connectivity index (χ2v) is 4.84. The Labute approximate surface area is 121 Å². The van der Waals surface area contributed by atoms with E-state index in [9.17, 15) is 4.79 Å². The van der Waals surface area contributed by atoms with E-state index in [0.29, 0.717) is 36.9 Å². The van der Waals surface area contributed by atoms with Gasteiger partial charge in [-0.15, -0.1) is 0 Å². The molecule has 3 rings (SSSR count). The van der Waals surface area contributed by atoms with Gasteiger partial charge in [0.2, 0.25) is 5.88 Å². The predicted octanol–water partition coefficient (Wildman–Crippen LogP) is 0.859. The molecule has 7 heteroatoms. The molecule has 1 aliphatic rings. The maximum atomic E-state index is 12.6. The molecule has 0 spiro atoms. The summed E-state index contributed by atoms with van der Waals surface area (Å²) in [6.07, 6.45) is 5.63. The average Bonchev–Trinajstić information content (AvgIpc) is 3.19. The molecule has 0 radical (unpaired) electrons. The lowest BCUT2D eigenvalue weighted by Gasteiger charge is -2.26. The first-order valence-corrected chi connectivity index (χ1v) is 6.64. The number of hydrogen-bond donors (Lipinski definition) is 2. The Hall–Kier alpha value is -2.41. The Morgan fingerprint density at radius 2 is 2.38 bits per heavy atom. The number of ether oxygens (including phenoxy) is 2. The van der Waals surface area contributed by atoms with Gasteiger partial charge in [-0.3, -0.25) is 4.79 Å². The molecule has 7 nitrogen and oxygen atoms in total. The molecule has 21 heavy (non-hydrogen) atoms. The van der Waals surface area contributed by atoms with Gasteiger partial charge in [-0.05, 0) is 12.1 Å². The van der Waals surface area contributed by atoms with Crippen LogP contribution < -0.4 is 10.1 Å². The van der Waals surface area contributed by atoms with Crippen LogP contribution in [-0.2, 0) is 10.3 Å². The largest absolute Gasteiger partial charge is 0.480 e. The van der Waals surface area contributed by atoms with Crippen LogP contribution in [0.25, 0.3) is 0 Å². The quantitative estimate of drug-likeness (QED) is 0.871. The highest BCUT2D eigenvalue weighted by atomic mass is 16.5. The molecule has 0 bridgehead atoms. The Balaban J connectivity index is 1.88. The number of methoxy groups -OCH3 is 1. The van der Waals surface area contributed by atoms with Gasteiger partial charge in [0, 0.05) is 31.6 Å². The second-order valence-electron chi connectivity index (χ2n) is 4.84. The fourth-order valence-corrected chi connectivity index (χ4v) is 2.45. The lowest BCUT2D eigenvalue weighted by molar-refractivity contribution is 0.0865. The van der Waals surface area contributed by atoms with Crippen LogP contribution in [0.15, 0.2) is 30.7 Å². The first-order valence-electron chi connectivity index (χ1n) is 6.64. The number of rotatable bonds is 4. The number of carbonyl (C=O) groups excluding carboxylic acids is 1. The Morgan fingerprint density at radius 3 is 3.05 bits per heavy atom. The van der Waals surface area contributed by atoms with Crippen LogP contribution in [0, 0.1) is 0 Å². The van der Waals surface area contributed by atoms with Crippen molar-refractivity contribution in [2.24, 2.45) is 0 Å². The summed E-state index contributed by atoms with van der Waals surface area (Å²) in [5.41, 5.74) is -0.251. The van der Waals surface area contributed by atoms with E-state index in [4.69, 9.17) is 9.47 Å². The summed E-state index contributed by atoms with van der Waals surface area (Å²) in [6, 6.07) is 3.37. The number of imidazole rings is 1. The van der Waals surface area contributed by atoms with Crippen molar-refractivity contribution in [2.75, 3.05) is 20.3 Å². The van der Waals surface area contributed by atoms with Gasteiger partial charge in [0.1, 0.15) is 16.9 Å². The van der Waals surface area contributed by atoms with Crippen LogP contribution in [0.3, 0.4) is 0 Å². The predicted molar refractivity (Wildman–Crippen MR) is 74.0 cm³/mol. The van der Waals surface area contributed by atoms with Gasteiger partial charge in [0.05, 0.1) is 13.7 Å². The fraction of sp³-hybridized carbons (Fsp3) is 0.357. The number of pyridine rings is 1. The van der Waals surface area contributed by atoms with Crippen molar-refractivity contribution in [3.63, 3.8) is 0 Å². The molecular formula is C14H16N4O3. The molecule has 1 saturated heterocycles. The van der Waals surface area contributed by atoms with Crippen LogP contribution in [0.2, 0.25) is 0 Å². The van der Waals surface area contributed by atoms with Gasteiger partial charge in [-0.2, -0.15) is 0 Å². The lowest BCUT2D eigenvalue weighted by atomic mass is 9.97. The number of carbonyl (C=O) groups is 1. The zero-order chi connectivity index (χ0) is 14.7. The third kappa shape index (κ3) is 2.47. The summed E-state index contributed by atoms with van der Waals surface area (Å²) >= 11 is 0. The van der Waals surface area contributed by atoms with Crippen LogP contribution in [0.5, 0.6) is 5.88 Å². The molecule has 1 fully saturated rings. The van der Waals surface area contributed by atoms with Crippen molar-refractivity contribution in [1.82, 2.24) is 20.3 Å². The SMILES string of the molecule is COc1ncccc1C(=O)NC1(c2ncc[nH]2)CCOC1. The van der Waals surface area contributed by atoms with Gasteiger partial charge >= 0.3 is 0 Å². The van der Waals surface area contributed by atoms with E-state index < -0.39 is 5.54 Å². The minimum Gasteiger partial charge on any atom is -0.480 e. The van der Waals surface area contributed by atoms with Crippen LogP contribution >= 0.6 is 0 Å². The monoisotopic (exact) mass is 288 g/mol. The maximum absolute atomic E-state index is 12.6. The van der Waals surface area contributed by atoms with Crippen molar-refractivity contribution >= 4 is 5.91 Å². The first kappa shape index (κ1) is 13.6. The molecule has 2 N–H and O–H groups in total. The molecule has 2 aromatic heterocycles. The molecule has 1 aliphatic heterocycles. The summed E-state index contributed by atoms with van der Waals surface area (Å²) in [5.74, 6) is 0.724. The van der Waals surface area contributed by atoms with Crippen molar-refractivity contribution < 1.29 is 14.3 Å². The number of nitrogens with zero attached hydrogens (tertiary/aromatic N) is 2. The number of aromatic amines is 1. The van der Waals surface area contributed by atoms with Crippen molar-refractivity contribution in [2.45, 2.75) is 12.0 Å². The van der Waals surface area contributed by atoms with E-state index >= 15 is 0 Å². The molecule has 3 heterocycles. The lowest BCUT2D eigenvalue weighted by Crippen LogP contribution is -2.47. The molecule has 2 aromatic rings. The molecule has 110 valence electrons. The van der Waals surface area contributed by atoms with Gasteiger partial charge in [0.15, 0.2) is 0 Å². The third-order valence-corrected chi connectivity index (χ3v) is 3.54. The minimum atomic E-state index is -0.637. The van der Waals surface area contributed by atoms with E-state index in [2.05, 4.69) is 20.3 Å². The number of hydrogen-bond acceptors (Lipinski definition) is 5. The highest BCUT2D eigenvalue weighted by Gasteiger charge is 2.41. The number of aromatic nitrogens is 3. The van der Waals surface area contributed by atoms with E-state index in [1.165, 1.54) is 7.11 Å². The molecule has 0 aliphatic carbocycles. The normalized spacial score (nSPS) is 21.2. The van der Waals surface area contributed by atoms with Crippen LogP contribution in [0.1, 0.15) is 22.6 Å². The van der Waals surface area contributed by atoms with Crippen molar-refractivity contribution in [1.29, 1.82) is 0 Å². The third-order valence-electron chi connectivity index (χ3n) is 3.54. The zero-order valence-electron chi connectivity index (χ0n) is 11.6. The number of amides is 1.